The van der Waals surface area contributed by atoms with Crippen molar-refractivity contribution in [3.63, 3.8) is 0 Å². The standard InChI is InChI=1S/C30H25Cl3O3/c1-2-3-4-17-35-25-15-13-23(14-16-25)21-7-5-20(6-8-21)22-9-11-24(12-10-22)30(34)36-29-19-27(32)26(31)18-28(29)33/h5-16,18-19H,2-4,17H2,1H3. The summed E-state index contributed by atoms with van der Waals surface area (Å²) in [5.41, 5.74) is 4.68. The van der Waals surface area contributed by atoms with Crippen LogP contribution in [-0.4, -0.2) is 12.6 Å². The fraction of sp³-hybridized carbons (Fsp3) is 0.167. The normalized spacial score (nSPS) is 10.8. The van der Waals surface area contributed by atoms with E-state index in [0.29, 0.717) is 10.6 Å². The molecule has 36 heavy (non-hydrogen) atoms. The van der Waals surface area contributed by atoms with Crippen LogP contribution in [0.15, 0.2) is 84.9 Å². The summed E-state index contributed by atoms with van der Waals surface area (Å²) in [5.74, 6) is 0.522. The lowest BCUT2D eigenvalue weighted by molar-refractivity contribution is 0.0735. The molecule has 0 atom stereocenters. The maximum absolute atomic E-state index is 12.6. The van der Waals surface area contributed by atoms with E-state index in [4.69, 9.17) is 44.3 Å². The fourth-order valence-corrected chi connectivity index (χ4v) is 4.26. The predicted octanol–water partition coefficient (Wildman–Crippen LogP) is 9.77. The molecule has 0 aromatic heterocycles. The first-order valence-corrected chi connectivity index (χ1v) is 12.9. The van der Waals surface area contributed by atoms with Gasteiger partial charge in [0.15, 0.2) is 5.75 Å². The highest BCUT2D eigenvalue weighted by Gasteiger charge is 2.14. The Hall–Kier alpha value is -2.98. The van der Waals surface area contributed by atoms with E-state index in [1.165, 1.54) is 25.0 Å². The van der Waals surface area contributed by atoms with Crippen LogP contribution in [0.1, 0.15) is 36.5 Å². The van der Waals surface area contributed by atoms with E-state index in [0.717, 1.165) is 41.0 Å². The number of benzene rings is 4. The number of unbranched alkanes of at least 4 members (excludes halogenated alkanes) is 2. The highest BCUT2D eigenvalue weighted by Crippen LogP contribution is 2.34. The third kappa shape index (κ3) is 6.61. The molecule has 0 amide bonds. The summed E-state index contributed by atoms with van der Waals surface area (Å²) in [7, 11) is 0. The van der Waals surface area contributed by atoms with Crippen molar-refractivity contribution in [1.82, 2.24) is 0 Å². The molecular formula is C30H25Cl3O3. The number of halogens is 3. The molecule has 0 aliphatic carbocycles. The number of hydrogen-bond donors (Lipinski definition) is 0. The first kappa shape index (κ1) is 26.1. The molecule has 184 valence electrons. The molecule has 0 aliphatic heterocycles. The van der Waals surface area contributed by atoms with Crippen LogP contribution in [0, 0.1) is 0 Å². The molecule has 3 nitrogen and oxygen atoms in total. The van der Waals surface area contributed by atoms with E-state index < -0.39 is 5.97 Å². The van der Waals surface area contributed by atoms with Gasteiger partial charge in [-0.25, -0.2) is 4.79 Å². The maximum Gasteiger partial charge on any atom is 0.343 e. The highest BCUT2D eigenvalue weighted by molar-refractivity contribution is 6.43. The minimum Gasteiger partial charge on any atom is -0.494 e. The second-order valence-corrected chi connectivity index (χ2v) is 9.54. The molecule has 0 spiro atoms. The lowest BCUT2D eigenvalue weighted by atomic mass is 9.99. The van der Waals surface area contributed by atoms with Gasteiger partial charge in [0.1, 0.15) is 5.75 Å². The van der Waals surface area contributed by atoms with Gasteiger partial charge in [-0.15, -0.1) is 0 Å². The van der Waals surface area contributed by atoms with Crippen LogP contribution in [-0.2, 0) is 0 Å². The van der Waals surface area contributed by atoms with E-state index in [1.807, 2.05) is 24.3 Å². The average Bonchev–Trinajstić information content (AvgIpc) is 2.90. The Kier molecular flexibility index (Phi) is 8.93. The van der Waals surface area contributed by atoms with E-state index >= 15 is 0 Å². The largest absolute Gasteiger partial charge is 0.494 e. The first-order chi connectivity index (χ1) is 17.4. The van der Waals surface area contributed by atoms with Gasteiger partial charge in [0, 0.05) is 6.07 Å². The van der Waals surface area contributed by atoms with Crippen LogP contribution in [0.4, 0.5) is 0 Å². The molecule has 0 unspecified atom stereocenters. The Morgan fingerprint density at radius 2 is 1.17 bits per heavy atom. The third-order valence-electron chi connectivity index (χ3n) is 5.72. The molecule has 4 aromatic carbocycles. The number of carbonyl (C=O) groups excluding carboxylic acids is 1. The van der Waals surface area contributed by atoms with Crippen LogP contribution in [0.2, 0.25) is 15.1 Å². The van der Waals surface area contributed by atoms with Crippen molar-refractivity contribution in [2.75, 3.05) is 6.61 Å². The number of hydrogen-bond acceptors (Lipinski definition) is 3. The van der Waals surface area contributed by atoms with Gasteiger partial charge >= 0.3 is 5.97 Å². The van der Waals surface area contributed by atoms with Crippen molar-refractivity contribution in [3.05, 3.63) is 106 Å². The maximum atomic E-state index is 12.6. The van der Waals surface area contributed by atoms with Gasteiger partial charge in [0.2, 0.25) is 0 Å². The van der Waals surface area contributed by atoms with Crippen LogP contribution < -0.4 is 9.47 Å². The van der Waals surface area contributed by atoms with Crippen LogP contribution in [0.25, 0.3) is 22.3 Å². The summed E-state index contributed by atoms with van der Waals surface area (Å²) in [6.45, 7) is 2.94. The zero-order valence-corrected chi connectivity index (χ0v) is 22.0. The van der Waals surface area contributed by atoms with Crippen molar-refractivity contribution in [2.45, 2.75) is 26.2 Å². The number of carbonyl (C=O) groups is 1. The van der Waals surface area contributed by atoms with Gasteiger partial charge in [-0.3, -0.25) is 0 Å². The molecule has 0 aliphatic rings. The Labute approximate surface area is 226 Å². The molecule has 4 aromatic rings. The van der Waals surface area contributed by atoms with Gasteiger partial charge in [-0.1, -0.05) is 103 Å². The summed E-state index contributed by atoms with van der Waals surface area (Å²) in [5, 5.41) is 0.763. The number of rotatable bonds is 9. The second-order valence-electron chi connectivity index (χ2n) is 8.32. The topological polar surface area (TPSA) is 35.5 Å². The molecular weight excluding hydrogens is 515 g/mol. The quantitative estimate of drug-likeness (QED) is 0.0919. The smallest absolute Gasteiger partial charge is 0.343 e. The van der Waals surface area contributed by atoms with E-state index in [1.54, 1.807) is 12.1 Å². The summed E-state index contributed by atoms with van der Waals surface area (Å²) in [6, 6.07) is 26.5. The van der Waals surface area contributed by atoms with Crippen molar-refractivity contribution >= 4 is 40.8 Å². The van der Waals surface area contributed by atoms with Gasteiger partial charge in [0.25, 0.3) is 0 Å². The van der Waals surface area contributed by atoms with E-state index in [9.17, 15) is 4.79 Å². The Morgan fingerprint density at radius 1 is 0.667 bits per heavy atom. The van der Waals surface area contributed by atoms with Crippen LogP contribution in [0.3, 0.4) is 0 Å². The van der Waals surface area contributed by atoms with Crippen molar-refractivity contribution in [3.8, 4) is 33.8 Å². The molecule has 0 saturated heterocycles. The highest BCUT2D eigenvalue weighted by atomic mass is 35.5. The molecule has 0 heterocycles. The lowest BCUT2D eigenvalue weighted by Crippen LogP contribution is -2.08. The summed E-state index contributed by atoms with van der Waals surface area (Å²) in [4.78, 5) is 12.6. The van der Waals surface area contributed by atoms with Gasteiger partial charge in [-0.2, -0.15) is 0 Å². The molecule has 0 fully saturated rings. The molecule has 4 rings (SSSR count). The SMILES string of the molecule is CCCCCOc1ccc(-c2ccc(-c3ccc(C(=O)Oc4cc(Cl)c(Cl)cc4Cl)cc3)cc2)cc1. The van der Waals surface area contributed by atoms with Crippen molar-refractivity contribution in [2.24, 2.45) is 0 Å². The van der Waals surface area contributed by atoms with Gasteiger partial charge in [-0.05, 0) is 59.0 Å². The Morgan fingerprint density at radius 3 is 1.72 bits per heavy atom. The van der Waals surface area contributed by atoms with Crippen molar-refractivity contribution in [1.29, 1.82) is 0 Å². The zero-order valence-electron chi connectivity index (χ0n) is 19.8. The molecule has 0 N–H and O–H groups in total. The Bertz CT molecular complexity index is 1320. The number of esters is 1. The minimum absolute atomic E-state index is 0.159. The van der Waals surface area contributed by atoms with Gasteiger partial charge < -0.3 is 9.47 Å². The van der Waals surface area contributed by atoms with Gasteiger partial charge in [0.05, 0.1) is 27.2 Å². The summed E-state index contributed by atoms with van der Waals surface area (Å²) in [6.07, 6.45) is 3.45. The van der Waals surface area contributed by atoms with E-state index in [-0.39, 0.29) is 15.8 Å². The summed E-state index contributed by atoms with van der Waals surface area (Å²) < 4.78 is 11.2. The number of ether oxygens (including phenoxy) is 2. The molecule has 6 heteroatoms. The van der Waals surface area contributed by atoms with Crippen molar-refractivity contribution < 1.29 is 14.3 Å². The minimum atomic E-state index is -0.532. The molecule has 0 saturated carbocycles. The Balaban J connectivity index is 1.39. The second kappa shape index (κ2) is 12.3. The van der Waals surface area contributed by atoms with Crippen LogP contribution in [0.5, 0.6) is 11.5 Å². The van der Waals surface area contributed by atoms with E-state index in [2.05, 4.69) is 43.3 Å². The summed E-state index contributed by atoms with van der Waals surface area (Å²) >= 11 is 18.0. The average molecular weight is 540 g/mol. The molecule has 0 bridgehead atoms. The monoisotopic (exact) mass is 538 g/mol. The lowest BCUT2D eigenvalue weighted by Gasteiger charge is -2.09. The van der Waals surface area contributed by atoms with Crippen LogP contribution >= 0.6 is 34.8 Å². The predicted molar refractivity (Wildman–Crippen MR) is 149 cm³/mol. The third-order valence-corrected chi connectivity index (χ3v) is 6.74. The fourth-order valence-electron chi connectivity index (χ4n) is 3.68. The molecule has 0 radical (unpaired) electrons. The first-order valence-electron chi connectivity index (χ1n) is 11.7. The zero-order chi connectivity index (χ0) is 25.5.